The second kappa shape index (κ2) is 7.69. The summed E-state index contributed by atoms with van der Waals surface area (Å²) in [5, 5.41) is 2.84. The average Bonchev–Trinajstić information content (AvgIpc) is 2.31. The number of carbonyl (C=O) groups is 1. The van der Waals surface area contributed by atoms with E-state index in [-0.39, 0.29) is 5.91 Å². The maximum absolute atomic E-state index is 11.3. The fourth-order valence-electron chi connectivity index (χ4n) is 1.36. The van der Waals surface area contributed by atoms with Crippen LogP contribution in [0.2, 0.25) is 0 Å². The lowest BCUT2D eigenvalue weighted by atomic mass is 10.1. The molecule has 0 unspecified atom stereocenters. The smallest absolute Gasteiger partial charge is 0.243 e. The van der Waals surface area contributed by atoms with E-state index in [9.17, 15) is 4.79 Å². The molecular formula is C14H19NO. The molecule has 2 nitrogen and oxygen atoms in total. The zero-order chi connectivity index (χ0) is 11.6. The zero-order valence-corrected chi connectivity index (χ0v) is 9.78. The molecule has 0 aliphatic carbocycles. The van der Waals surface area contributed by atoms with Gasteiger partial charge in [0.25, 0.3) is 0 Å². The molecular weight excluding hydrogens is 198 g/mol. The van der Waals surface area contributed by atoms with E-state index >= 15 is 0 Å². The summed E-state index contributed by atoms with van der Waals surface area (Å²) in [5.74, 6) is 0.00406. The lowest BCUT2D eigenvalue weighted by molar-refractivity contribution is -0.116. The van der Waals surface area contributed by atoms with Gasteiger partial charge >= 0.3 is 0 Å². The van der Waals surface area contributed by atoms with Gasteiger partial charge in [-0.1, -0.05) is 49.8 Å². The Morgan fingerprint density at radius 2 is 2.06 bits per heavy atom. The number of carbonyl (C=O) groups excluding carboxylic acids is 1. The van der Waals surface area contributed by atoms with Crippen molar-refractivity contribution in [1.29, 1.82) is 0 Å². The molecule has 0 spiro atoms. The Hall–Kier alpha value is -1.57. The van der Waals surface area contributed by atoms with E-state index in [0.29, 0.717) is 0 Å². The fourth-order valence-corrected chi connectivity index (χ4v) is 1.36. The highest BCUT2D eigenvalue weighted by atomic mass is 16.1. The molecule has 16 heavy (non-hydrogen) atoms. The van der Waals surface area contributed by atoms with Gasteiger partial charge in [-0.05, 0) is 24.5 Å². The van der Waals surface area contributed by atoms with Gasteiger partial charge in [-0.2, -0.15) is 0 Å². The molecule has 1 aromatic carbocycles. The molecule has 1 rings (SSSR count). The van der Waals surface area contributed by atoms with Gasteiger partial charge in [0.2, 0.25) is 5.91 Å². The van der Waals surface area contributed by atoms with E-state index in [1.807, 2.05) is 24.3 Å². The fraction of sp³-hybridized carbons (Fsp3) is 0.357. The molecule has 0 aliphatic rings. The van der Waals surface area contributed by atoms with Gasteiger partial charge in [0.05, 0.1) is 0 Å². The van der Waals surface area contributed by atoms with Gasteiger partial charge in [0.15, 0.2) is 0 Å². The third kappa shape index (κ3) is 5.35. The molecule has 0 atom stereocenters. The molecule has 2 heteroatoms. The first-order valence-electron chi connectivity index (χ1n) is 5.81. The van der Waals surface area contributed by atoms with Crippen LogP contribution in [0.1, 0.15) is 25.3 Å². The normalized spacial score (nSPS) is 10.6. The van der Waals surface area contributed by atoms with E-state index in [0.717, 1.165) is 25.8 Å². The van der Waals surface area contributed by atoms with Crippen molar-refractivity contribution in [2.45, 2.75) is 26.2 Å². The summed E-state index contributed by atoms with van der Waals surface area (Å²) in [7, 11) is 0. The maximum atomic E-state index is 11.3. The molecule has 0 saturated heterocycles. The summed E-state index contributed by atoms with van der Waals surface area (Å²) in [6.07, 6.45) is 6.47. The summed E-state index contributed by atoms with van der Waals surface area (Å²) < 4.78 is 0. The maximum Gasteiger partial charge on any atom is 0.243 e. The van der Waals surface area contributed by atoms with Crippen LogP contribution in [0.15, 0.2) is 42.5 Å². The highest BCUT2D eigenvalue weighted by molar-refractivity contribution is 5.87. The van der Waals surface area contributed by atoms with Crippen molar-refractivity contribution >= 4 is 5.91 Å². The molecule has 86 valence electrons. The van der Waals surface area contributed by atoms with Crippen molar-refractivity contribution in [3.05, 3.63) is 48.0 Å². The Morgan fingerprint density at radius 3 is 2.75 bits per heavy atom. The van der Waals surface area contributed by atoms with Crippen LogP contribution in [-0.4, -0.2) is 12.5 Å². The number of hydrogen-bond acceptors (Lipinski definition) is 1. The SMILES string of the molecule is CCCCNC(=O)C=CCc1ccccc1. The summed E-state index contributed by atoms with van der Waals surface area (Å²) >= 11 is 0. The van der Waals surface area contributed by atoms with Gasteiger partial charge in [-0.3, -0.25) is 4.79 Å². The Labute approximate surface area is 97.4 Å². The first-order valence-corrected chi connectivity index (χ1v) is 5.81. The van der Waals surface area contributed by atoms with Crippen LogP contribution >= 0.6 is 0 Å². The van der Waals surface area contributed by atoms with Gasteiger partial charge in [0, 0.05) is 6.54 Å². The number of nitrogens with one attached hydrogen (secondary N) is 1. The number of amides is 1. The molecule has 0 radical (unpaired) electrons. The zero-order valence-electron chi connectivity index (χ0n) is 9.78. The van der Waals surface area contributed by atoms with Crippen molar-refractivity contribution in [3.8, 4) is 0 Å². The Kier molecular flexibility index (Phi) is 6.00. The molecule has 0 fully saturated rings. The predicted molar refractivity (Wildman–Crippen MR) is 67.2 cm³/mol. The third-order valence-corrected chi connectivity index (χ3v) is 2.30. The number of allylic oxidation sites excluding steroid dienone is 1. The molecule has 0 bridgehead atoms. The molecule has 0 aromatic heterocycles. The number of benzene rings is 1. The second-order valence-electron chi connectivity index (χ2n) is 3.74. The minimum absolute atomic E-state index is 0.00406. The van der Waals surface area contributed by atoms with Crippen LogP contribution in [-0.2, 0) is 11.2 Å². The molecule has 1 amide bonds. The van der Waals surface area contributed by atoms with Crippen LogP contribution in [0.25, 0.3) is 0 Å². The lowest BCUT2D eigenvalue weighted by Gasteiger charge is -1.99. The number of unbranched alkanes of at least 4 members (excludes halogenated alkanes) is 1. The first-order chi connectivity index (χ1) is 7.83. The van der Waals surface area contributed by atoms with Gasteiger partial charge in [-0.15, -0.1) is 0 Å². The van der Waals surface area contributed by atoms with Crippen molar-refractivity contribution < 1.29 is 4.79 Å². The molecule has 0 saturated carbocycles. The Balaban J connectivity index is 2.24. The van der Waals surface area contributed by atoms with E-state index in [2.05, 4.69) is 24.4 Å². The quantitative estimate of drug-likeness (QED) is 0.576. The third-order valence-electron chi connectivity index (χ3n) is 2.30. The van der Waals surface area contributed by atoms with Gasteiger partial charge in [-0.25, -0.2) is 0 Å². The molecule has 0 aliphatic heterocycles. The standard InChI is InChI=1S/C14H19NO/c1-2-3-12-15-14(16)11-7-10-13-8-5-4-6-9-13/h4-9,11H,2-3,10,12H2,1H3,(H,15,16). The number of rotatable bonds is 6. The summed E-state index contributed by atoms with van der Waals surface area (Å²) in [6.45, 7) is 2.88. The van der Waals surface area contributed by atoms with Crippen LogP contribution < -0.4 is 5.32 Å². The first kappa shape index (κ1) is 12.5. The Morgan fingerprint density at radius 1 is 1.31 bits per heavy atom. The largest absolute Gasteiger partial charge is 0.353 e. The van der Waals surface area contributed by atoms with Crippen LogP contribution in [0.4, 0.5) is 0 Å². The topological polar surface area (TPSA) is 29.1 Å². The summed E-state index contributed by atoms with van der Waals surface area (Å²) in [5.41, 5.74) is 1.22. The number of hydrogen-bond donors (Lipinski definition) is 1. The predicted octanol–water partition coefficient (Wildman–Crippen LogP) is 2.70. The van der Waals surface area contributed by atoms with Crippen LogP contribution in [0, 0.1) is 0 Å². The average molecular weight is 217 g/mol. The van der Waals surface area contributed by atoms with Crippen molar-refractivity contribution in [2.24, 2.45) is 0 Å². The minimum Gasteiger partial charge on any atom is -0.353 e. The molecule has 0 heterocycles. The van der Waals surface area contributed by atoms with E-state index in [4.69, 9.17) is 0 Å². The van der Waals surface area contributed by atoms with E-state index in [1.54, 1.807) is 6.08 Å². The van der Waals surface area contributed by atoms with Crippen molar-refractivity contribution in [1.82, 2.24) is 5.32 Å². The monoisotopic (exact) mass is 217 g/mol. The summed E-state index contributed by atoms with van der Waals surface area (Å²) in [4.78, 5) is 11.3. The highest BCUT2D eigenvalue weighted by Gasteiger charge is 1.93. The molecule has 1 aromatic rings. The van der Waals surface area contributed by atoms with Gasteiger partial charge in [0.1, 0.15) is 0 Å². The van der Waals surface area contributed by atoms with E-state index in [1.165, 1.54) is 5.56 Å². The van der Waals surface area contributed by atoms with Crippen LogP contribution in [0.3, 0.4) is 0 Å². The Bertz CT molecular complexity index is 330. The van der Waals surface area contributed by atoms with Crippen molar-refractivity contribution in [3.63, 3.8) is 0 Å². The van der Waals surface area contributed by atoms with E-state index < -0.39 is 0 Å². The van der Waals surface area contributed by atoms with Crippen molar-refractivity contribution in [2.75, 3.05) is 6.54 Å². The summed E-state index contributed by atoms with van der Waals surface area (Å²) in [6, 6.07) is 10.1. The van der Waals surface area contributed by atoms with Crippen LogP contribution in [0.5, 0.6) is 0 Å². The van der Waals surface area contributed by atoms with Gasteiger partial charge < -0.3 is 5.32 Å². The second-order valence-corrected chi connectivity index (χ2v) is 3.74. The highest BCUT2D eigenvalue weighted by Crippen LogP contribution is 1.99. The lowest BCUT2D eigenvalue weighted by Crippen LogP contribution is -2.21. The molecule has 1 N–H and O–H groups in total. The minimum atomic E-state index is 0.00406.